The van der Waals surface area contributed by atoms with Crippen molar-refractivity contribution in [3.05, 3.63) is 0 Å². The molecule has 0 N–H and O–H groups in total. The van der Waals surface area contributed by atoms with Gasteiger partial charge >= 0.3 is 0 Å². The Hall–Kier alpha value is 1.16. The predicted octanol–water partition coefficient (Wildman–Crippen LogP) is 4.78. The molecule has 2 bridgehead atoms. The summed E-state index contributed by atoms with van der Waals surface area (Å²) in [5.41, 5.74) is 3.25. The van der Waals surface area contributed by atoms with Crippen LogP contribution in [0.3, 0.4) is 0 Å². The van der Waals surface area contributed by atoms with Crippen LogP contribution < -0.4 is 0 Å². The van der Waals surface area contributed by atoms with Crippen molar-refractivity contribution in [3.63, 3.8) is 0 Å². The maximum atomic E-state index is 2.65. The van der Waals surface area contributed by atoms with Crippen LogP contribution in [0.5, 0.6) is 0 Å². The van der Waals surface area contributed by atoms with Gasteiger partial charge in [-0.1, -0.05) is 0 Å². The second-order valence-corrected chi connectivity index (χ2v) is 19.7. The molecule has 2 aliphatic rings. The summed E-state index contributed by atoms with van der Waals surface area (Å²) in [5, 5.41) is 1.92. The summed E-state index contributed by atoms with van der Waals surface area (Å²) in [6, 6.07) is 0. The molecule has 3 unspecified atom stereocenters. The second kappa shape index (κ2) is 5.17. The third-order valence-corrected chi connectivity index (χ3v) is 16.1. The molecule has 1 fully saturated rings. The molecule has 0 aromatic carbocycles. The van der Waals surface area contributed by atoms with E-state index in [1.54, 1.807) is 19.3 Å². The zero-order valence-corrected chi connectivity index (χ0v) is 16.1. The van der Waals surface area contributed by atoms with Crippen LogP contribution in [-0.4, -0.2) is 68.4 Å². The van der Waals surface area contributed by atoms with Gasteiger partial charge in [-0.25, -0.2) is 0 Å². The lowest BCUT2D eigenvalue weighted by Crippen LogP contribution is -2.32. The van der Waals surface area contributed by atoms with Crippen molar-refractivity contribution in [2.24, 2.45) is 0 Å². The van der Waals surface area contributed by atoms with E-state index in [9.17, 15) is 0 Å². The summed E-state index contributed by atoms with van der Waals surface area (Å²) in [4.78, 5) is 0. The van der Waals surface area contributed by atoms with Crippen molar-refractivity contribution in [3.8, 4) is 0 Å². The monoisotopic (exact) mass is 305 g/mol. The van der Waals surface area contributed by atoms with Crippen molar-refractivity contribution in [1.82, 2.24) is 0 Å². The van der Waals surface area contributed by atoms with E-state index >= 15 is 0 Å². The zero-order chi connectivity index (χ0) is 13.7. The van der Waals surface area contributed by atoms with Gasteiger partial charge in [0.1, 0.15) is 0 Å². The normalized spacial score (nSPS) is 38.7. The fourth-order valence-corrected chi connectivity index (χ4v) is 13.6. The minimum Gasteiger partial charge on any atom is -0.110 e. The van der Waals surface area contributed by atoms with E-state index in [-0.39, 0.29) is 7.92 Å². The first-order chi connectivity index (χ1) is 8.14. The van der Waals surface area contributed by atoms with Crippen LogP contribution in [0.4, 0.5) is 0 Å². The molecule has 0 spiro atoms. The molecule has 0 saturated heterocycles. The van der Waals surface area contributed by atoms with E-state index in [0.29, 0.717) is 0 Å². The zero-order valence-electron chi connectivity index (χ0n) is 13.4. The second-order valence-electron chi connectivity index (χ2n) is 7.84. The SMILES string of the molecule is CC1=P(C)(C)C2CC(P(C)C)CC(C2)[P+](C)(C)C1. The lowest BCUT2D eigenvalue weighted by molar-refractivity contribution is 0.524. The van der Waals surface area contributed by atoms with Crippen LogP contribution >= 0.6 is 22.1 Å². The molecule has 0 nitrogen and oxygen atoms in total. The summed E-state index contributed by atoms with van der Waals surface area (Å²) in [5.74, 6) is 0. The highest BCUT2D eigenvalue weighted by Crippen LogP contribution is 2.69. The van der Waals surface area contributed by atoms with Crippen LogP contribution in [0.2, 0.25) is 0 Å². The van der Waals surface area contributed by atoms with Gasteiger partial charge in [0.25, 0.3) is 0 Å². The van der Waals surface area contributed by atoms with Crippen molar-refractivity contribution in [1.29, 1.82) is 0 Å². The van der Waals surface area contributed by atoms with Gasteiger partial charge in [0.15, 0.2) is 0 Å². The standard InChI is InChI=1S/C15H32P3/c1-12-11-17(4,5)14-8-13(16(2)3)9-15(10-14)18(12,6)7/h13-15H,8-11H2,1-7H3/q+1. The predicted molar refractivity (Wildman–Crippen MR) is 97.1 cm³/mol. The molecule has 0 radical (unpaired) electrons. The van der Waals surface area contributed by atoms with E-state index in [2.05, 4.69) is 46.9 Å². The van der Waals surface area contributed by atoms with Crippen molar-refractivity contribution in [2.45, 2.75) is 43.2 Å². The first kappa shape index (κ1) is 15.5. The quantitative estimate of drug-likeness (QED) is 0.612. The maximum Gasteiger partial charge on any atom is 0.0801 e. The number of rotatable bonds is 1. The first-order valence-electron chi connectivity index (χ1n) is 7.30. The summed E-state index contributed by atoms with van der Waals surface area (Å²) in [6.07, 6.45) is 6.22. The molecular weight excluding hydrogens is 273 g/mol. The van der Waals surface area contributed by atoms with Crippen LogP contribution in [0, 0.1) is 0 Å². The maximum absolute atomic E-state index is 2.65. The van der Waals surface area contributed by atoms with E-state index < -0.39 is 14.1 Å². The lowest BCUT2D eigenvalue weighted by atomic mass is 9.99. The average molecular weight is 305 g/mol. The molecule has 0 aromatic heterocycles. The molecule has 1 heterocycles. The van der Waals surface area contributed by atoms with Crippen molar-refractivity contribution < 1.29 is 0 Å². The Morgan fingerprint density at radius 1 is 1.11 bits per heavy atom. The molecule has 1 saturated carbocycles. The first-order valence-corrected chi connectivity index (χ1v) is 15.3. The van der Waals surface area contributed by atoms with Crippen molar-refractivity contribution in [2.75, 3.05) is 46.2 Å². The van der Waals surface area contributed by atoms with Gasteiger partial charge in [-0.3, -0.25) is 0 Å². The Kier molecular flexibility index (Phi) is 4.47. The third-order valence-electron chi connectivity index (χ3n) is 5.88. The van der Waals surface area contributed by atoms with Gasteiger partial charge in [0.2, 0.25) is 0 Å². The topological polar surface area (TPSA) is 0 Å². The molecule has 2 rings (SSSR count). The molecule has 1 aliphatic heterocycles. The van der Waals surface area contributed by atoms with Gasteiger partial charge in [0, 0.05) is 20.6 Å². The van der Waals surface area contributed by atoms with E-state index in [0.717, 1.165) is 17.0 Å². The van der Waals surface area contributed by atoms with Crippen LogP contribution in [0.1, 0.15) is 26.2 Å². The Balaban J connectivity index is 2.40. The van der Waals surface area contributed by atoms with E-state index in [1.165, 1.54) is 6.16 Å². The van der Waals surface area contributed by atoms with Gasteiger partial charge < -0.3 is 0 Å². The Labute approximate surface area is 117 Å². The van der Waals surface area contributed by atoms with Gasteiger partial charge in [-0.2, -0.15) is 0 Å². The number of hydrogen-bond donors (Lipinski definition) is 0. The Bertz CT molecular complexity index is 375. The van der Waals surface area contributed by atoms with Crippen LogP contribution in [0.15, 0.2) is 0 Å². The minimum absolute atomic E-state index is 0.274. The molecule has 0 amide bonds. The molecule has 18 heavy (non-hydrogen) atoms. The molecule has 3 heteroatoms. The molecule has 3 atom stereocenters. The highest BCUT2D eigenvalue weighted by Gasteiger charge is 2.48. The summed E-state index contributed by atoms with van der Waals surface area (Å²) in [6.45, 7) is 17.4. The van der Waals surface area contributed by atoms with Crippen LogP contribution in [-0.2, 0) is 0 Å². The van der Waals surface area contributed by atoms with Gasteiger partial charge in [0.05, 0.1) is 11.8 Å². The van der Waals surface area contributed by atoms with Gasteiger partial charge in [-0.05, 0) is 69.5 Å². The lowest BCUT2D eigenvalue weighted by Gasteiger charge is -2.41. The Morgan fingerprint density at radius 3 is 2.28 bits per heavy atom. The van der Waals surface area contributed by atoms with E-state index in [4.69, 9.17) is 0 Å². The summed E-state index contributed by atoms with van der Waals surface area (Å²) >= 11 is 0. The molecule has 0 aromatic rings. The molecular formula is C15H32P3+. The van der Waals surface area contributed by atoms with E-state index in [1.807, 2.05) is 5.29 Å². The summed E-state index contributed by atoms with van der Waals surface area (Å²) < 4.78 is 0. The highest BCUT2D eigenvalue weighted by atomic mass is 31.2. The fraction of sp³-hybridized carbons (Fsp3) is 0.933. The Morgan fingerprint density at radius 2 is 1.72 bits per heavy atom. The fourth-order valence-electron chi connectivity index (χ4n) is 3.96. The van der Waals surface area contributed by atoms with Crippen LogP contribution in [0.25, 0.3) is 0 Å². The van der Waals surface area contributed by atoms with Gasteiger partial charge in [-0.15, -0.1) is 14.8 Å². The average Bonchev–Trinajstić information content (AvgIpc) is 2.30. The number of fused-ring (bicyclic) bond motifs is 2. The third kappa shape index (κ3) is 2.78. The summed E-state index contributed by atoms with van der Waals surface area (Å²) in [7, 11) is -0.415. The highest BCUT2D eigenvalue weighted by molar-refractivity contribution is 7.81. The number of hydrogen-bond acceptors (Lipinski definition) is 0. The molecule has 1 aliphatic carbocycles. The smallest absolute Gasteiger partial charge is 0.0801 e. The largest absolute Gasteiger partial charge is 0.110 e. The molecule has 106 valence electrons. The minimum atomic E-state index is -0.769. The van der Waals surface area contributed by atoms with Crippen molar-refractivity contribution >= 4 is 27.4 Å².